The number of hydrogen-bond donors (Lipinski definition) is 1. The van der Waals surface area contributed by atoms with E-state index in [0.29, 0.717) is 10.2 Å². The molecule has 0 saturated carbocycles. The van der Waals surface area contributed by atoms with Crippen LogP contribution in [0, 0.1) is 24.6 Å². The lowest BCUT2D eigenvalue weighted by Crippen LogP contribution is -2.09. The Morgan fingerprint density at radius 3 is 2.80 bits per heavy atom. The quantitative estimate of drug-likeness (QED) is 0.781. The summed E-state index contributed by atoms with van der Waals surface area (Å²) in [6.07, 6.45) is 0. The minimum absolute atomic E-state index is 0.375. The molecule has 0 spiro atoms. The maximum atomic E-state index is 13.2. The number of carbonyl (C=O) groups excluding carboxylic acids is 1. The average molecular weight is 270 g/mol. The third-order valence-electron chi connectivity index (χ3n) is 1.75. The number of halogens is 2. The lowest BCUT2D eigenvalue weighted by atomic mass is 10.2. The molecule has 0 radical (unpaired) electrons. The molecule has 1 aromatic rings. The standard InChI is InChI=1S/C11H9BrFNO/c1-3-4-11(15)14-10-6-9(13)8(12)5-7(10)2/h5-6H,1-2H3,(H,14,15). The molecule has 2 nitrogen and oxygen atoms in total. The first kappa shape index (κ1) is 11.7. The maximum absolute atomic E-state index is 13.2. The minimum Gasteiger partial charge on any atom is -0.315 e. The summed E-state index contributed by atoms with van der Waals surface area (Å²) in [7, 11) is 0. The third-order valence-corrected chi connectivity index (χ3v) is 2.36. The Bertz CT molecular complexity index is 460. The van der Waals surface area contributed by atoms with Gasteiger partial charge in [-0.1, -0.05) is 5.92 Å². The van der Waals surface area contributed by atoms with Gasteiger partial charge < -0.3 is 5.32 Å². The molecule has 0 unspecified atom stereocenters. The van der Waals surface area contributed by atoms with E-state index in [-0.39, 0.29) is 0 Å². The summed E-state index contributed by atoms with van der Waals surface area (Å²) in [6, 6.07) is 2.86. The van der Waals surface area contributed by atoms with Gasteiger partial charge in [0.25, 0.3) is 5.91 Å². The molecule has 0 atom stereocenters. The maximum Gasteiger partial charge on any atom is 0.300 e. The van der Waals surface area contributed by atoms with Crippen molar-refractivity contribution in [3.8, 4) is 11.8 Å². The van der Waals surface area contributed by atoms with Gasteiger partial charge in [0.05, 0.1) is 4.47 Å². The molecule has 1 aromatic carbocycles. The number of amides is 1. The molecule has 78 valence electrons. The summed E-state index contributed by atoms with van der Waals surface area (Å²) in [5, 5.41) is 2.51. The Labute approximate surface area is 96.0 Å². The second-order valence-corrected chi connectivity index (χ2v) is 3.76. The van der Waals surface area contributed by atoms with Crippen LogP contribution >= 0.6 is 15.9 Å². The Morgan fingerprint density at radius 2 is 2.20 bits per heavy atom. The normalized spacial score (nSPS) is 9.07. The molecular weight excluding hydrogens is 261 g/mol. The highest BCUT2D eigenvalue weighted by atomic mass is 79.9. The number of benzene rings is 1. The Balaban J connectivity index is 2.99. The number of aryl methyl sites for hydroxylation is 1. The first-order valence-corrected chi connectivity index (χ1v) is 5.03. The summed E-state index contributed by atoms with van der Waals surface area (Å²) in [4.78, 5) is 11.1. The molecule has 0 heterocycles. The molecule has 1 amide bonds. The first-order chi connectivity index (χ1) is 7.04. The van der Waals surface area contributed by atoms with Crippen LogP contribution in [-0.4, -0.2) is 5.91 Å². The van der Waals surface area contributed by atoms with E-state index in [1.54, 1.807) is 19.9 Å². The van der Waals surface area contributed by atoms with Crippen molar-refractivity contribution in [2.75, 3.05) is 5.32 Å². The highest BCUT2D eigenvalue weighted by Crippen LogP contribution is 2.23. The van der Waals surface area contributed by atoms with E-state index < -0.39 is 11.7 Å². The van der Waals surface area contributed by atoms with Crippen LogP contribution in [0.4, 0.5) is 10.1 Å². The molecular formula is C11H9BrFNO. The zero-order chi connectivity index (χ0) is 11.4. The fraction of sp³-hybridized carbons (Fsp3) is 0.182. The topological polar surface area (TPSA) is 29.1 Å². The highest BCUT2D eigenvalue weighted by molar-refractivity contribution is 9.10. The van der Waals surface area contributed by atoms with Crippen molar-refractivity contribution in [2.24, 2.45) is 0 Å². The van der Waals surface area contributed by atoms with Crippen molar-refractivity contribution in [1.29, 1.82) is 0 Å². The van der Waals surface area contributed by atoms with Crippen LogP contribution < -0.4 is 5.32 Å². The molecule has 0 aromatic heterocycles. The third kappa shape index (κ3) is 3.07. The van der Waals surface area contributed by atoms with Crippen LogP contribution in [0.15, 0.2) is 16.6 Å². The second kappa shape index (κ2) is 4.94. The van der Waals surface area contributed by atoms with Gasteiger partial charge in [0, 0.05) is 5.69 Å². The number of carbonyl (C=O) groups is 1. The molecule has 1 N–H and O–H groups in total. The number of hydrogen-bond acceptors (Lipinski definition) is 1. The van der Waals surface area contributed by atoms with Gasteiger partial charge in [-0.15, -0.1) is 0 Å². The zero-order valence-electron chi connectivity index (χ0n) is 8.32. The molecule has 0 saturated heterocycles. The van der Waals surface area contributed by atoms with Crippen molar-refractivity contribution in [2.45, 2.75) is 13.8 Å². The van der Waals surface area contributed by atoms with E-state index in [0.717, 1.165) is 5.56 Å². The van der Waals surface area contributed by atoms with Gasteiger partial charge in [0.1, 0.15) is 5.82 Å². The van der Waals surface area contributed by atoms with Crippen LogP contribution in [0.3, 0.4) is 0 Å². The van der Waals surface area contributed by atoms with E-state index in [4.69, 9.17) is 0 Å². The summed E-state index contributed by atoms with van der Waals surface area (Å²) in [5.74, 6) is 3.93. The van der Waals surface area contributed by atoms with Crippen LogP contribution in [0.1, 0.15) is 12.5 Å². The van der Waals surface area contributed by atoms with Crippen molar-refractivity contribution in [3.63, 3.8) is 0 Å². The van der Waals surface area contributed by atoms with Crippen LogP contribution in [0.25, 0.3) is 0 Å². The SMILES string of the molecule is CC#CC(=O)Nc1cc(F)c(Br)cc1C. The van der Waals surface area contributed by atoms with E-state index in [9.17, 15) is 9.18 Å². The largest absolute Gasteiger partial charge is 0.315 e. The first-order valence-electron chi connectivity index (χ1n) is 4.24. The average Bonchev–Trinajstić information content (AvgIpc) is 2.14. The Kier molecular flexibility index (Phi) is 3.87. The predicted molar refractivity (Wildman–Crippen MR) is 60.9 cm³/mol. The van der Waals surface area contributed by atoms with Gasteiger partial charge in [0.15, 0.2) is 0 Å². The summed E-state index contributed by atoms with van der Waals surface area (Å²) >= 11 is 3.06. The van der Waals surface area contributed by atoms with E-state index >= 15 is 0 Å². The van der Waals surface area contributed by atoms with Crippen molar-refractivity contribution >= 4 is 27.5 Å². The van der Waals surface area contributed by atoms with Gasteiger partial charge >= 0.3 is 0 Å². The molecule has 1 rings (SSSR count). The van der Waals surface area contributed by atoms with Gasteiger partial charge in [-0.25, -0.2) is 4.39 Å². The zero-order valence-corrected chi connectivity index (χ0v) is 9.90. The van der Waals surface area contributed by atoms with Crippen molar-refractivity contribution < 1.29 is 9.18 Å². The van der Waals surface area contributed by atoms with E-state index in [2.05, 4.69) is 33.1 Å². The summed E-state index contributed by atoms with van der Waals surface area (Å²) < 4.78 is 13.5. The monoisotopic (exact) mass is 269 g/mol. The lowest BCUT2D eigenvalue weighted by molar-refractivity contribution is -0.111. The van der Waals surface area contributed by atoms with Crippen molar-refractivity contribution in [1.82, 2.24) is 0 Å². The van der Waals surface area contributed by atoms with Crippen LogP contribution in [0.2, 0.25) is 0 Å². The minimum atomic E-state index is -0.442. The molecule has 0 aliphatic rings. The van der Waals surface area contributed by atoms with Crippen LogP contribution in [-0.2, 0) is 4.79 Å². The lowest BCUT2D eigenvalue weighted by Gasteiger charge is -2.06. The highest BCUT2D eigenvalue weighted by Gasteiger charge is 2.06. The molecule has 0 fully saturated rings. The molecule has 15 heavy (non-hydrogen) atoms. The number of nitrogens with one attached hydrogen (secondary N) is 1. The van der Waals surface area contributed by atoms with Crippen LogP contribution in [0.5, 0.6) is 0 Å². The Hall–Kier alpha value is -1.34. The van der Waals surface area contributed by atoms with Gasteiger partial charge in [-0.2, -0.15) is 0 Å². The van der Waals surface area contributed by atoms with Gasteiger partial charge in [-0.3, -0.25) is 4.79 Å². The summed E-state index contributed by atoms with van der Waals surface area (Å²) in [5.41, 5.74) is 1.21. The molecule has 4 heteroatoms. The smallest absolute Gasteiger partial charge is 0.300 e. The van der Waals surface area contributed by atoms with E-state index in [1.807, 2.05) is 0 Å². The second-order valence-electron chi connectivity index (χ2n) is 2.91. The van der Waals surface area contributed by atoms with E-state index in [1.165, 1.54) is 6.07 Å². The van der Waals surface area contributed by atoms with Crippen molar-refractivity contribution in [3.05, 3.63) is 28.0 Å². The van der Waals surface area contributed by atoms with Gasteiger partial charge in [0.2, 0.25) is 0 Å². The fourth-order valence-electron chi connectivity index (χ4n) is 1.05. The number of anilines is 1. The Morgan fingerprint density at radius 1 is 1.53 bits per heavy atom. The predicted octanol–water partition coefficient (Wildman–Crippen LogP) is 2.86. The fourth-order valence-corrected chi connectivity index (χ4v) is 1.51. The molecule has 0 bridgehead atoms. The van der Waals surface area contributed by atoms with Gasteiger partial charge in [-0.05, 0) is 53.4 Å². The molecule has 0 aliphatic heterocycles. The number of rotatable bonds is 1. The molecule has 0 aliphatic carbocycles. The summed E-state index contributed by atoms with van der Waals surface area (Å²) in [6.45, 7) is 3.34.